The molecule has 3 aromatic heterocycles. The first-order chi connectivity index (χ1) is 23.7. The molecule has 7 rings (SSSR count). The third kappa shape index (κ3) is 7.05. The summed E-state index contributed by atoms with van der Waals surface area (Å²) in [5.41, 5.74) is 5.30. The van der Waals surface area contributed by atoms with Gasteiger partial charge in [0.2, 0.25) is 0 Å². The van der Waals surface area contributed by atoms with Gasteiger partial charge in [-0.05, 0) is 67.9 Å². The lowest BCUT2D eigenvalue weighted by molar-refractivity contribution is -0.146. The lowest BCUT2D eigenvalue weighted by Crippen LogP contribution is -2.27. The molecule has 7 aromatic rings. The highest BCUT2D eigenvalue weighted by Gasteiger charge is 2.32. The van der Waals surface area contributed by atoms with Crippen LogP contribution in [-0.2, 0) is 24.4 Å². The molecule has 0 aliphatic carbocycles. The molecule has 3 heterocycles. The molecule has 8 heteroatoms. The van der Waals surface area contributed by atoms with Crippen LogP contribution in [0.2, 0.25) is 0 Å². The average molecular weight is 668 g/mol. The molecule has 49 heavy (non-hydrogen) atoms. The number of nitrogens with zero attached hydrogens (tertiary/aromatic N) is 3. The Balaban J connectivity index is 1.29. The van der Waals surface area contributed by atoms with E-state index in [1.807, 2.05) is 84.9 Å². The van der Waals surface area contributed by atoms with Crippen LogP contribution in [0.15, 0.2) is 137 Å². The Bertz CT molecular complexity index is 2270. The monoisotopic (exact) mass is 667 g/mol. The van der Waals surface area contributed by atoms with Crippen molar-refractivity contribution in [2.75, 3.05) is 0 Å². The molecule has 4 aromatic carbocycles. The quantitative estimate of drug-likeness (QED) is 0.148. The van der Waals surface area contributed by atoms with Gasteiger partial charge in [-0.25, -0.2) is 9.37 Å². The Morgan fingerprint density at radius 3 is 2.43 bits per heavy atom. The van der Waals surface area contributed by atoms with Crippen LogP contribution in [-0.4, -0.2) is 25.6 Å². The third-order valence-electron chi connectivity index (χ3n) is 8.60. The maximum atomic E-state index is 13.5. The average Bonchev–Trinajstić information content (AvgIpc) is 3.38. The first kappa shape index (κ1) is 32.1. The van der Waals surface area contributed by atoms with Crippen molar-refractivity contribution in [3.63, 3.8) is 0 Å². The summed E-state index contributed by atoms with van der Waals surface area (Å²) in [7, 11) is 0. The number of aliphatic carboxylic acids is 1. The minimum Gasteiger partial charge on any atom is -0.487 e. The number of rotatable bonds is 11. The van der Waals surface area contributed by atoms with Gasteiger partial charge in [-0.2, -0.15) is 0 Å². The van der Waals surface area contributed by atoms with Crippen LogP contribution in [0.3, 0.4) is 0 Å². The summed E-state index contributed by atoms with van der Waals surface area (Å²) in [4.78, 5) is 23.4. The Hall–Kier alpha value is -5.47. The van der Waals surface area contributed by atoms with Crippen LogP contribution < -0.4 is 4.74 Å². The number of aromatic nitrogens is 3. The SMILES string of the molecule is CC(C)(Cc1c(Sc2ccc(-c3ccc(F)cn3)cc2)c2ccc(OCc3ccc4ccccc4n3)cc2n1Cc1ccccc1)C(=O)O. The van der Waals surface area contributed by atoms with Gasteiger partial charge in [0.1, 0.15) is 18.2 Å². The second kappa shape index (κ2) is 13.6. The van der Waals surface area contributed by atoms with Crippen LogP contribution in [0.4, 0.5) is 4.39 Å². The fourth-order valence-corrected chi connectivity index (χ4v) is 6.97. The third-order valence-corrected chi connectivity index (χ3v) is 9.77. The van der Waals surface area contributed by atoms with E-state index in [0.29, 0.717) is 31.0 Å². The van der Waals surface area contributed by atoms with Gasteiger partial charge in [-0.3, -0.25) is 9.78 Å². The van der Waals surface area contributed by atoms with E-state index in [-0.39, 0.29) is 5.82 Å². The van der Waals surface area contributed by atoms with Gasteiger partial charge in [-0.1, -0.05) is 78.5 Å². The highest BCUT2D eigenvalue weighted by atomic mass is 32.2. The largest absolute Gasteiger partial charge is 0.487 e. The van der Waals surface area contributed by atoms with Crippen molar-refractivity contribution in [2.24, 2.45) is 5.41 Å². The Morgan fingerprint density at radius 2 is 1.67 bits per heavy atom. The smallest absolute Gasteiger partial charge is 0.309 e. The minimum absolute atomic E-state index is 0.311. The molecule has 0 radical (unpaired) electrons. The van der Waals surface area contributed by atoms with E-state index < -0.39 is 11.4 Å². The van der Waals surface area contributed by atoms with E-state index in [2.05, 4.69) is 33.8 Å². The molecular weight excluding hydrogens is 634 g/mol. The number of ether oxygens (including phenoxy) is 1. The summed E-state index contributed by atoms with van der Waals surface area (Å²) in [6, 6.07) is 39.4. The summed E-state index contributed by atoms with van der Waals surface area (Å²) in [6.07, 6.45) is 1.54. The van der Waals surface area contributed by atoms with Crippen molar-refractivity contribution in [2.45, 2.75) is 43.2 Å². The van der Waals surface area contributed by atoms with Crippen molar-refractivity contribution in [1.82, 2.24) is 14.5 Å². The molecule has 6 nitrogen and oxygen atoms in total. The topological polar surface area (TPSA) is 77.2 Å². The summed E-state index contributed by atoms with van der Waals surface area (Å²) < 4.78 is 22.0. The summed E-state index contributed by atoms with van der Waals surface area (Å²) >= 11 is 1.61. The van der Waals surface area contributed by atoms with Gasteiger partial charge in [0.25, 0.3) is 0 Å². The molecule has 0 aliphatic heterocycles. The number of carboxylic acid groups (broad SMARTS) is 1. The van der Waals surface area contributed by atoms with Crippen molar-refractivity contribution in [1.29, 1.82) is 0 Å². The molecule has 0 bridgehead atoms. The van der Waals surface area contributed by atoms with Crippen molar-refractivity contribution in [3.8, 4) is 17.0 Å². The van der Waals surface area contributed by atoms with Crippen molar-refractivity contribution >= 4 is 39.5 Å². The number of benzene rings is 4. The standard InChI is InChI=1S/C41H34FN3O3S/c1-41(2,40(46)47)23-38-39(49-33-18-13-29(14-19-33)35-21-15-30(42)24-43-35)34-20-17-32(22-37(34)45(38)25-27-8-4-3-5-9-27)48-26-31-16-12-28-10-6-7-11-36(28)44-31/h3-22,24H,23,25-26H2,1-2H3,(H,46,47). The van der Waals surface area contributed by atoms with Gasteiger partial charge < -0.3 is 14.4 Å². The second-order valence-corrected chi connectivity index (χ2v) is 13.7. The Labute approximate surface area is 288 Å². The summed E-state index contributed by atoms with van der Waals surface area (Å²) in [5, 5.41) is 12.3. The molecule has 0 saturated carbocycles. The molecule has 0 saturated heterocycles. The van der Waals surface area contributed by atoms with E-state index in [9.17, 15) is 14.3 Å². The van der Waals surface area contributed by atoms with Gasteiger partial charge >= 0.3 is 5.97 Å². The second-order valence-electron chi connectivity index (χ2n) is 12.7. The molecule has 244 valence electrons. The molecule has 0 unspecified atom stereocenters. The number of carbonyl (C=O) groups is 1. The van der Waals surface area contributed by atoms with Gasteiger partial charge in [0, 0.05) is 50.9 Å². The van der Waals surface area contributed by atoms with Crippen LogP contribution >= 0.6 is 11.8 Å². The van der Waals surface area contributed by atoms with E-state index in [1.165, 1.54) is 12.3 Å². The van der Waals surface area contributed by atoms with Crippen LogP contribution in [0.5, 0.6) is 5.75 Å². The van der Waals surface area contributed by atoms with Crippen molar-refractivity contribution < 1.29 is 19.0 Å². The number of carboxylic acids is 1. The molecule has 0 atom stereocenters. The summed E-state index contributed by atoms with van der Waals surface area (Å²) in [5.74, 6) is -0.535. The Morgan fingerprint density at radius 1 is 0.898 bits per heavy atom. The molecule has 0 aliphatic rings. The number of para-hydroxylation sites is 1. The van der Waals surface area contributed by atoms with Gasteiger partial charge in [-0.15, -0.1) is 0 Å². The van der Waals surface area contributed by atoms with E-state index in [1.54, 1.807) is 31.7 Å². The number of halogens is 1. The highest BCUT2D eigenvalue weighted by molar-refractivity contribution is 7.99. The van der Waals surface area contributed by atoms with E-state index >= 15 is 0 Å². The van der Waals surface area contributed by atoms with E-state index in [0.717, 1.165) is 54.1 Å². The van der Waals surface area contributed by atoms with E-state index in [4.69, 9.17) is 9.72 Å². The molecule has 1 N–H and O–H groups in total. The fraction of sp³-hybridized carbons (Fsp3) is 0.146. The highest BCUT2D eigenvalue weighted by Crippen LogP contribution is 2.43. The van der Waals surface area contributed by atoms with Crippen molar-refractivity contribution in [3.05, 3.63) is 150 Å². The zero-order chi connectivity index (χ0) is 34.0. The fourth-order valence-electron chi connectivity index (χ4n) is 5.87. The lowest BCUT2D eigenvalue weighted by Gasteiger charge is -2.22. The zero-order valence-corrected chi connectivity index (χ0v) is 28.0. The van der Waals surface area contributed by atoms with Gasteiger partial charge in [0.05, 0.1) is 34.0 Å². The van der Waals surface area contributed by atoms with Crippen LogP contribution in [0, 0.1) is 11.2 Å². The maximum absolute atomic E-state index is 13.5. The zero-order valence-electron chi connectivity index (χ0n) is 27.1. The Kier molecular flexibility index (Phi) is 8.89. The maximum Gasteiger partial charge on any atom is 0.309 e. The predicted molar refractivity (Wildman–Crippen MR) is 192 cm³/mol. The van der Waals surface area contributed by atoms with Crippen LogP contribution in [0.25, 0.3) is 33.1 Å². The summed E-state index contributed by atoms with van der Waals surface area (Å²) in [6.45, 7) is 4.41. The lowest BCUT2D eigenvalue weighted by atomic mass is 9.88. The normalized spacial score (nSPS) is 11.7. The molecule has 0 spiro atoms. The minimum atomic E-state index is -1.02. The first-order valence-electron chi connectivity index (χ1n) is 16.0. The number of hydrogen-bond donors (Lipinski definition) is 1. The predicted octanol–water partition coefficient (Wildman–Crippen LogP) is 9.82. The number of pyridine rings is 2. The molecule has 0 amide bonds. The first-order valence-corrected chi connectivity index (χ1v) is 16.8. The van der Waals surface area contributed by atoms with Crippen LogP contribution in [0.1, 0.15) is 30.8 Å². The number of fused-ring (bicyclic) bond motifs is 2. The number of hydrogen-bond acceptors (Lipinski definition) is 5. The van der Waals surface area contributed by atoms with Gasteiger partial charge in [0.15, 0.2) is 0 Å². The molecule has 0 fully saturated rings. The molecular formula is C41H34FN3O3S.